The van der Waals surface area contributed by atoms with E-state index in [1.165, 1.54) is 0 Å². The highest BCUT2D eigenvalue weighted by Gasteiger charge is 2.14. The van der Waals surface area contributed by atoms with E-state index in [0.717, 1.165) is 17.7 Å². The Kier molecular flexibility index (Phi) is 3.11. The van der Waals surface area contributed by atoms with Crippen molar-refractivity contribution in [1.29, 1.82) is 0 Å². The van der Waals surface area contributed by atoms with Gasteiger partial charge in [0, 0.05) is 10.6 Å². The maximum absolute atomic E-state index is 13.5. The molecule has 0 saturated heterocycles. The van der Waals surface area contributed by atoms with E-state index in [-0.39, 0.29) is 5.02 Å². The van der Waals surface area contributed by atoms with Gasteiger partial charge in [-0.1, -0.05) is 41.9 Å². The molecule has 4 heteroatoms. The SMILES string of the molecule is O=C(O)c1cc(Cl)c(-c2ccccc2)cc1F. The molecule has 0 aliphatic heterocycles. The van der Waals surface area contributed by atoms with Crippen molar-refractivity contribution in [1.82, 2.24) is 0 Å². The van der Waals surface area contributed by atoms with Crippen LogP contribution in [0.5, 0.6) is 0 Å². The van der Waals surface area contributed by atoms with Crippen LogP contribution in [0.15, 0.2) is 42.5 Å². The molecule has 1 N–H and O–H groups in total. The van der Waals surface area contributed by atoms with Gasteiger partial charge in [-0.05, 0) is 17.7 Å². The Bertz CT molecular complexity index is 567. The van der Waals surface area contributed by atoms with Crippen LogP contribution in [0.2, 0.25) is 5.02 Å². The van der Waals surface area contributed by atoms with Crippen LogP contribution in [0, 0.1) is 5.82 Å². The van der Waals surface area contributed by atoms with Crippen LogP contribution >= 0.6 is 11.6 Å². The molecular weight excluding hydrogens is 243 g/mol. The summed E-state index contributed by atoms with van der Waals surface area (Å²) in [5.41, 5.74) is 0.804. The van der Waals surface area contributed by atoms with Crippen LogP contribution in [0.3, 0.4) is 0 Å². The van der Waals surface area contributed by atoms with E-state index in [2.05, 4.69) is 0 Å². The molecule has 0 saturated carbocycles. The fraction of sp³-hybridized carbons (Fsp3) is 0. The molecule has 0 atom stereocenters. The van der Waals surface area contributed by atoms with Gasteiger partial charge in [-0.3, -0.25) is 0 Å². The van der Waals surface area contributed by atoms with E-state index < -0.39 is 17.3 Å². The first-order chi connectivity index (χ1) is 8.09. The summed E-state index contributed by atoms with van der Waals surface area (Å²) in [7, 11) is 0. The summed E-state index contributed by atoms with van der Waals surface area (Å²) in [5.74, 6) is -2.12. The van der Waals surface area contributed by atoms with Crippen LogP contribution in [0.1, 0.15) is 10.4 Å². The highest BCUT2D eigenvalue weighted by molar-refractivity contribution is 6.33. The zero-order valence-corrected chi connectivity index (χ0v) is 9.41. The molecule has 0 aliphatic carbocycles. The van der Waals surface area contributed by atoms with Crippen LogP contribution in [-0.2, 0) is 0 Å². The summed E-state index contributed by atoms with van der Waals surface area (Å²) in [6.45, 7) is 0. The standard InChI is InChI=1S/C13H8ClFO2/c14-11-6-10(13(16)17)12(15)7-9(11)8-4-2-1-3-5-8/h1-7H,(H,16,17). The van der Waals surface area contributed by atoms with E-state index in [9.17, 15) is 9.18 Å². The minimum absolute atomic E-state index is 0.218. The highest BCUT2D eigenvalue weighted by atomic mass is 35.5. The number of carboxylic acid groups (broad SMARTS) is 1. The molecule has 0 radical (unpaired) electrons. The molecule has 0 fully saturated rings. The first-order valence-corrected chi connectivity index (χ1v) is 5.25. The Morgan fingerprint density at radius 3 is 2.41 bits per heavy atom. The van der Waals surface area contributed by atoms with E-state index in [0.29, 0.717) is 5.56 Å². The normalized spacial score (nSPS) is 10.2. The van der Waals surface area contributed by atoms with Crippen LogP contribution in [0.25, 0.3) is 11.1 Å². The van der Waals surface area contributed by atoms with E-state index in [4.69, 9.17) is 16.7 Å². The molecule has 2 nitrogen and oxygen atoms in total. The molecule has 2 aromatic rings. The van der Waals surface area contributed by atoms with Gasteiger partial charge in [0.25, 0.3) is 0 Å². The Morgan fingerprint density at radius 2 is 1.82 bits per heavy atom. The van der Waals surface area contributed by atoms with Gasteiger partial charge in [-0.2, -0.15) is 0 Å². The lowest BCUT2D eigenvalue weighted by atomic mass is 10.0. The predicted octanol–water partition coefficient (Wildman–Crippen LogP) is 3.84. The van der Waals surface area contributed by atoms with E-state index >= 15 is 0 Å². The monoisotopic (exact) mass is 250 g/mol. The van der Waals surface area contributed by atoms with Gasteiger partial charge in [0.1, 0.15) is 5.82 Å². The number of rotatable bonds is 2. The van der Waals surface area contributed by atoms with Gasteiger partial charge in [-0.15, -0.1) is 0 Å². The van der Waals surface area contributed by atoms with E-state index in [1.54, 1.807) is 24.3 Å². The van der Waals surface area contributed by atoms with Crippen molar-refractivity contribution in [3.05, 3.63) is 58.9 Å². The zero-order valence-electron chi connectivity index (χ0n) is 8.65. The molecule has 2 aromatic carbocycles. The van der Waals surface area contributed by atoms with Gasteiger partial charge >= 0.3 is 5.97 Å². The molecule has 0 spiro atoms. The predicted molar refractivity (Wildman–Crippen MR) is 63.8 cm³/mol. The van der Waals surface area contributed by atoms with Gasteiger partial charge in [0.05, 0.1) is 5.56 Å². The molecule has 17 heavy (non-hydrogen) atoms. The van der Waals surface area contributed by atoms with Crippen LogP contribution < -0.4 is 0 Å². The van der Waals surface area contributed by atoms with Crippen molar-refractivity contribution >= 4 is 17.6 Å². The van der Waals surface area contributed by atoms with Crippen molar-refractivity contribution in [3.8, 4) is 11.1 Å². The summed E-state index contributed by atoms with van der Waals surface area (Å²) in [5, 5.41) is 8.97. The second-order valence-corrected chi connectivity index (χ2v) is 3.89. The highest BCUT2D eigenvalue weighted by Crippen LogP contribution is 2.30. The molecule has 0 bridgehead atoms. The largest absolute Gasteiger partial charge is 0.478 e. The summed E-state index contributed by atoms with van der Waals surface area (Å²) in [4.78, 5) is 10.7. The number of hydrogen-bond acceptors (Lipinski definition) is 1. The smallest absolute Gasteiger partial charge is 0.338 e. The summed E-state index contributed by atoms with van der Waals surface area (Å²) < 4.78 is 13.5. The zero-order chi connectivity index (χ0) is 12.4. The van der Waals surface area contributed by atoms with Crippen molar-refractivity contribution in [2.45, 2.75) is 0 Å². The minimum atomic E-state index is -1.33. The average molecular weight is 251 g/mol. The molecule has 0 amide bonds. The Morgan fingerprint density at radius 1 is 1.18 bits per heavy atom. The second-order valence-electron chi connectivity index (χ2n) is 3.48. The first-order valence-electron chi connectivity index (χ1n) is 4.87. The van der Waals surface area contributed by atoms with Gasteiger partial charge in [0.15, 0.2) is 0 Å². The van der Waals surface area contributed by atoms with Crippen molar-refractivity contribution in [3.63, 3.8) is 0 Å². The lowest BCUT2D eigenvalue weighted by Gasteiger charge is -2.06. The van der Waals surface area contributed by atoms with Crippen molar-refractivity contribution in [2.75, 3.05) is 0 Å². The fourth-order valence-corrected chi connectivity index (χ4v) is 1.82. The summed E-state index contributed by atoms with van der Waals surface area (Å²) in [6.07, 6.45) is 0. The first kappa shape index (κ1) is 11.6. The minimum Gasteiger partial charge on any atom is -0.478 e. The maximum Gasteiger partial charge on any atom is 0.338 e. The number of benzene rings is 2. The van der Waals surface area contributed by atoms with Gasteiger partial charge in [-0.25, -0.2) is 9.18 Å². The molecule has 86 valence electrons. The quantitative estimate of drug-likeness (QED) is 0.879. The fourth-order valence-electron chi connectivity index (χ4n) is 1.55. The molecule has 0 heterocycles. The molecule has 0 aromatic heterocycles. The van der Waals surface area contributed by atoms with Crippen LogP contribution in [0.4, 0.5) is 4.39 Å². The topological polar surface area (TPSA) is 37.3 Å². The Hall–Kier alpha value is -1.87. The summed E-state index contributed by atoms with van der Waals surface area (Å²) >= 11 is 5.95. The van der Waals surface area contributed by atoms with E-state index in [1.807, 2.05) is 6.07 Å². The third-order valence-corrected chi connectivity index (χ3v) is 2.68. The third kappa shape index (κ3) is 2.29. The number of carbonyl (C=O) groups is 1. The number of carboxylic acids is 1. The maximum atomic E-state index is 13.5. The summed E-state index contributed by atoms with van der Waals surface area (Å²) in [6, 6.07) is 11.3. The van der Waals surface area contributed by atoms with Gasteiger partial charge < -0.3 is 5.11 Å². The second kappa shape index (κ2) is 4.55. The number of halogens is 2. The van der Waals surface area contributed by atoms with Crippen molar-refractivity contribution in [2.24, 2.45) is 0 Å². The Labute approximate surface area is 102 Å². The average Bonchev–Trinajstić information content (AvgIpc) is 2.32. The number of aromatic carboxylic acids is 1. The molecular formula is C13H8ClFO2. The van der Waals surface area contributed by atoms with Crippen LogP contribution in [-0.4, -0.2) is 11.1 Å². The number of hydrogen-bond donors (Lipinski definition) is 1. The third-order valence-electron chi connectivity index (χ3n) is 2.37. The lowest BCUT2D eigenvalue weighted by Crippen LogP contribution is -2.01. The molecule has 0 unspecified atom stereocenters. The lowest BCUT2D eigenvalue weighted by molar-refractivity contribution is 0.0692. The van der Waals surface area contributed by atoms with Gasteiger partial charge in [0.2, 0.25) is 0 Å². The molecule has 0 aliphatic rings. The van der Waals surface area contributed by atoms with Crippen molar-refractivity contribution < 1.29 is 14.3 Å². The Balaban J connectivity index is 2.58. The molecule has 2 rings (SSSR count).